The van der Waals surface area contributed by atoms with Crippen LogP contribution in [0.4, 0.5) is 5.69 Å². The monoisotopic (exact) mass is 360 g/mol. The van der Waals surface area contributed by atoms with E-state index < -0.39 is 15.5 Å². The van der Waals surface area contributed by atoms with Crippen LogP contribution in [0, 0.1) is 0 Å². The Balaban J connectivity index is 0.000000690. The largest absolute Gasteiger partial charge is 0.427 e. The molecule has 0 unspecified atom stereocenters. The quantitative estimate of drug-likeness (QED) is 0.439. The van der Waals surface area contributed by atoms with Crippen LogP contribution in [0.15, 0.2) is 18.2 Å². The van der Waals surface area contributed by atoms with E-state index in [0.717, 1.165) is 5.56 Å². The first kappa shape index (κ1) is 20.6. The summed E-state index contributed by atoms with van der Waals surface area (Å²) in [5.74, 6) is 0. The second-order valence-electron chi connectivity index (χ2n) is 5.19. The normalized spacial score (nSPS) is 12.4. The number of benzene rings is 1. The molecule has 0 atom stereocenters. The smallest absolute Gasteiger partial charge is 0.313 e. The molecule has 1 rings (SSSR count). The third-order valence-electron chi connectivity index (χ3n) is 2.10. The van der Waals surface area contributed by atoms with Crippen molar-refractivity contribution in [3.8, 4) is 0 Å². The number of nitrogens with two attached hydrogens (primary N) is 1. The van der Waals surface area contributed by atoms with Crippen LogP contribution in [-0.2, 0) is 14.5 Å². The first-order valence-corrected chi connectivity index (χ1v) is 9.25. The summed E-state index contributed by atoms with van der Waals surface area (Å²) in [7, 11) is -8.44. The third kappa shape index (κ3) is 10.9. The predicted molar refractivity (Wildman–Crippen MR) is 82.1 cm³/mol. The van der Waals surface area contributed by atoms with E-state index in [-0.39, 0.29) is 11.1 Å². The van der Waals surface area contributed by atoms with E-state index in [9.17, 15) is 4.57 Å². The number of halogens is 1. The maximum absolute atomic E-state index is 10.8. The SMILES string of the molecule is CC(C)(C)c1ccc(NP(=O)(O)O)c(Cl)c1.NP(=O)(O)O. The highest BCUT2D eigenvalue weighted by atomic mass is 35.5. The van der Waals surface area contributed by atoms with Crippen molar-refractivity contribution in [3.63, 3.8) is 0 Å². The van der Waals surface area contributed by atoms with Gasteiger partial charge in [-0.1, -0.05) is 38.4 Å². The molecular weight excluding hydrogens is 342 g/mol. The Kier molecular flexibility index (Phi) is 7.07. The minimum Gasteiger partial charge on any atom is -0.313 e. The van der Waals surface area contributed by atoms with Crippen molar-refractivity contribution in [1.82, 2.24) is 0 Å². The molecule has 0 bridgehead atoms. The Morgan fingerprint density at radius 1 is 1.14 bits per heavy atom. The second-order valence-corrected chi connectivity index (χ2v) is 8.09. The lowest BCUT2D eigenvalue weighted by molar-refractivity contribution is 0.374. The van der Waals surface area contributed by atoms with Crippen LogP contribution >= 0.6 is 27.1 Å². The topological polar surface area (TPSA) is 153 Å². The Labute approximate surface area is 127 Å². The molecule has 0 saturated heterocycles. The van der Waals surface area contributed by atoms with Crippen LogP contribution in [0.3, 0.4) is 0 Å². The molecule has 0 amide bonds. The molecule has 7 N–H and O–H groups in total. The van der Waals surface area contributed by atoms with E-state index in [0.29, 0.717) is 5.02 Å². The zero-order valence-electron chi connectivity index (χ0n) is 11.7. The van der Waals surface area contributed by atoms with Gasteiger partial charge in [-0.2, -0.15) is 0 Å². The number of hydrogen-bond donors (Lipinski definition) is 6. The molecule has 0 fully saturated rings. The molecule has 0 aromatic heterocycles. The lowest BCUT2D eigenvalue weighted by Gasteiger charge is -2.20. The number of nitrogens with one attached hydrogen (secondary N) is 1. The van der Waals surface area contributed by atoms with E-state index in [2.05, 4.69) is 10.6 Å². The maximum Gasteiger partial charge on any atom is 0.427 e. The van der Waals surface area contributed by atoms with Crippen LogP contribution in [0.2, 0.25) is 5.02 Å². The summed E-state index contributed by atoms with van der Waals surface area (Å²) in [6.07, 6.45) is 0. The van der Waals surface area contributed by atoms with E-state index >= 15 is 0 Å². The van der Waals surface area contributed by atoms with Crippen molar-refractivity contribution in [2.45, 2.75) is 26.2 Å². The second kappa shape index (κ2) is 7.22. The highest BCUT2D eigenvalue weighted by Gasteiger charge is 2.18. The number of rotatable bonds is 2. The highest BCUT2D eigenvalue weighted by Crippen LogP contribution is 2.39. The molecule has 0 spiro atoms. The zero-order valence-corrected chi connectivity index (χ0v) is 14.2. The summed E-state index contributed by atoms with van der Waals surface area (Å²) in [5, 5.41) is 2.36. The molecule has 1 aromatic carbocycles. The van der Waals surface area contributed by atoms with Crippen LogP contribution in [0.1, 0.15) is 26.3 Å². The molecular formula is C10H19ClN2O6P2. The Morgan fingerprint density at radius 2 is 1.57 bits per heavy atom. The summed E-state index contributed by atoms with van der Waals surface area (Å²) in [6.45, 7) is 6.11. The van der Waals surface area contributed by atoms with Gasteiger partial charge in [-0.25, -0.2) is 14.6 Å². The molecule has 0 saturated carbocycles. The molecule has 122 valence electrons. The van der Waals surface area contributed by atoms with Gasteiger partial charge >= 0.3 is 15.5 Å². The number of hydrogen-bond acceptors (Lipinski definition) is 2. The van der Waals surface area contributed by atoms with Gasteiger partial charge in [-0.15, -0.1) is 0 Å². The standard InChI is InChI=1S/C10H15ClNO3P.H4NO3P/c1-10(2,3)7-4-5-9(8(11)6-7)12-16(13,14)15;1-5(2,3)4/h4-6H,1-3H3,(H3,12,13,14,15);(H4,1,2,3,4). The Bertz CT molecular complexity index is 569. The van der Waals surface area contributed by atoms with Crippen LogP contribution in [-0.4, -0.2) is 19.6 Å². The molecule has 11 heteroatoms. The van der Waals surface area contributed by atoms with Gasteiger partial charge in [-0.3, -0.25) is 5.09 Å². The molecule has 8 nitrogen and oxygen atoms in total. The van der Waals surface area contributed by atoms with Crippen molar-refractivity contribution in [2.75, 3.05) is 5.09 Å². The van der Waals surface area contributed by atoms with E-state index in [4.69, 9.17) is 35.7 Å². The van der Waals surface area contributed by atoms with Gasteiger partial charge in [0, 0.05) is 0 Å². The average Bonchev–Trinajstić information content (AvgIpc) is 2.14. The van der Waals surface area contributed by atoms with Gasteiger partial charge in [0.1, 0.15) is 0 Å². The molecule has 0 aliphatic rings. The van der Waals surface area contributed by atoms with Crippen LogP contribution in [0.5, 0.6) is 0 Å². The van der Waals surface area contributed by atoms with Crippen molar-refractivity contribution in [3.05, 3.63) is 28.8 Å². The fourth-order valence-electron chi connectivity index (χ4n) is 1.23. The summed E-state index contributed by atoms with van der Waals surface area (Å²) >= 11 is 5.94. The maximum atomic E-state index is 10.8. The summed E-state index contributed by atoms with van der Waals surface area (Å²) < 4.78 is 19.9. The lowest BCUT2D eigenvalue weighted by atomic mass is 9.87. The summed E-state index contributed by atoms with van der Waals surface area (Å²) in [5.41, 5.74) is 5.22. The molecule has 21 heavy (non-hydrogen) atoms. The van der Waals surface area contributed by atoms with E-state index in [1.807, 2.05) is 20.8 Å². The first-order chi connectivity index (χ1) is 9.09. The minimum absolute atomic E-state index is 0.0513. The van der Waals surface area contributed by atoms with Crippen LogP contribution in [0.25, 0.3) is 0 Å². The number of anilines is 1. The summed E-state index contributed by atoms with van der Waals surface area (Å²) in [4.78, 5) is 32.4. The molecule has 0 radical (unpaired) electrons. The van der Waals surface area contributed by atoms with Gasteiger partial charge in [0.05, 0.1) is 10.7 Å². The molecule has 1 aromatic rings. The Morgan fingerprint density at radius 3 is 1.86 bits per heavy atom. The average molecular weight is 361 g/mol. The lowest BCUT2D eigenvalue weighted by Crippen LogP contribution is -2.11. The third-order valence-corrected chi connectivity index (χ3v) is 2.95. The van der Waals surface area contributed by atoms with Crippen molar-refractivity contribution in [2.24, 2.45) is 5.50 Å². The van der Waals surface area contributed by atoms with Crippen molar-refractivity contribution >= 4 is 32.8 Å². The van der Waals surface area contributed by atoms with Gasteiger partial charge in [0.15, 0.2) is 0 Å². The fraction of sp³-hybridized carbons (Fsp3) is 0.400. The van der Waals surface area contributed by atoms with Crippen molar-refractivity contribution in [1.29, 1.82) is 0 Å². The van der Waals surface area contributed by atoms with Gasteiger partial charge in [0.25, 0.3) is 0 Å². The zero-order chi connectivity index (χ0) is 17.1. The molecule has 0 aliphatic heterocycles. The van der Waals surface area contributed by atoms with Crippen molar-refractivity contribution < 1.29 is 28.7 Å². The summed E-state index contributed by atoms with van der Waals surface area (Å²) in [6, 6.07) is 5.07. The van der Waals surface area contributed by atoms with Gasteiger partial charge in [0.2, 0.25) is 0 Å². The van der Waals surface area contributed by atoms with E-state index in [1.165, 1.54) is 0 Å². The molecule has 0 heterocycles. The fourth-order valence-corrected chi connectivity index (χ4v) is 2.03. The predicted octanol–water partition coefficient (Wildman–Crippen LogP) is 2.18. The first-order valence-electron chi connectivity index (χ1n) is 5.57. The van der Waals surface area contributed by atoms with Crippen LogP contribution < -0.4 is 10.6 Å². The van der Waals surface area contributed by atoms with Gasteiger partial charge in [-0.05, 0) is 23.1 Å². The van der Waals surface area contributed by atoms with E-state index in [1.54, 1.807) is 18.2 Å². The minimum atomic E-state index is -4.30. The highest BCUT2D eigenvalue weighted by molar-refractivity contribution is 7.53. The van der Waals surface area contributed by atoms with Gasteiger partial charge < -0.3 is 19.6 Å². The molecule has 0 aliphatic carbocycles. The Hall–Kier alpha value is -0.430.